The van der Waals surface area contributed by atoms with Crippen molar-refractivity contribution in [1.82, 2.24) is 9.55 Å². The average molecular weight is 556 g/mol. The van der Waals surface area contributed by atoms with E-state index in [4.69, 9.17) is 49.0 Å². The molecular weight excluding hydrogens is 523 g/mol. The van der Waals surface area contributed by atoms with Gasteiger partial charge in [-0.3, -0.25) is 4.79 Å². The molecule has 9 heteroatoms. The van der Waals surface area contributed by atoms with Gasteiger partial charge in [0.05, 0.1) is 23.8 Å². The van der Waals surface area contributed by atoms with Crippen LogP contribution in [0.4, 0.5) is 0 Å². The van der Waals surface area contributed by atoms with Crippen LogP contribution in [0.2, 0.25) is 0 Å². The number of allylic oxidation sites excluding steroid dienone is 4. The molecule has 6 nitrogen and oxygen atoms in total. The number of benzene rings is 1. The number of alkyl halides is 1. The Morgan fingerprint density at radius 1 is 1.25 bits per heavy atom. The molecule has 2 aromatic rings. The van der Waals surface area contributed by atoms with Crippen molar-refractivity contribution in [2.75, 3.05) is 19.1 Å². The summed E-state index contributed by atoms with van der Waals surface area (Å²) in [5.74, 6) is 0.730. The number of carbonyl (C=O) groups is 1. The molecule has 1 heterocycles. The fraction of sp³-hybridized carbons (Fsp3) is 0.407. The Kier molecular flexibility index (Phi) is 12.4. The summed E-state index contributed by atoms with van der Waals surface area (Å²) in [6.45, 7) is 9.00. The molecule has 0 aliphatic carbocycles. The quantitative estimate of drug-likeness (QED) is 0.0828. The van der Waals surface area contributed by atoms with Crippen molar-refractivity contribution in [3.05, 3.63) is 82.6 Å². The molecule has 1 aromatic carbocycles. The van der Waals surface area contributed by atoms with Gasteiger partial charge in [0.2, 0.25) is 0 Å². The highest BCUT2D eigenvalue weighted by molar-refractivity contribution is 6.33. The summed E-state index contributed by atoms with van der Waals surface area (Å²) in [5, 5.41) is 0.320. The minimum Gasteiger partial charge on any atom is -0.494 e. The van der Waals surface area contributed by atoms with Crippen molar-refractivity contribution >= 4 is 40.8 Å². The smallest absolute Gasteiger partial charge is 0.303 e. The summed E-state index contributed by atoms with van der Waals surface area (Å²) in [6.07, 6.45) is 9.60. The van der Waals surface area contributed by atoms with E-state index in [1.807, 2.05) is 42.0 Å². The molecule has 0 radical (unpaired) electrons. The van der Waals surface area contributed by atoms with Crippen LogP contribution in [0.25, 0.3) is 0 Å². The Morgan fingerprint density at radius 2 is 1.97 bits per heavy atom. The van der Waals surface area contributed by atoms with Gasteiger partial charge in [0.25, 0.3) is 0 Å². The van der Waals surface area contributed by atoms with E-state index >= 15 is 0 Å². The first-order chi connectivity index (χ1) is 17.2. The van der Waals surface area contributed by atoms with E-state index in [1.54, 1.807) is 12.5 Å². The molecule has 0 saturated heterocycles. The van der Waals surface area contributed by atoms with Crippen LogP contribution in [-0.4, -0.2) is 40.7 Å². The second-order valence-corrected chi connectivity index (χ2v) is 9.49. The molecule has 0 saturated carbocycles. The molecule has 0 N–H and O–H groups in total. The van der Waals surface area contributed by atoms with Crippen molar-refractivity contribution in [3.8, 4) is 5.75 Å². The maximum atomic E-state index is 11.2. The highest BCUT2D eigenvalue weighted by Crippen LogP contribution is 2.35. The van der Waals surface area contributed by atoms with Crippen molar-refractivity contribution in [2.45, 2.75) is 52.2 Å². The normalized spacial score (nSPS) is 13.9. The number of aryl methyl sites for hydroxylation is 1. The number of imidazole rings is 1. The van der Waals surface area contributed by atoms with E-state index in [0.29, 0.717) is 11.6 Å². The summed E-state index contributed by atoms with van der Waals surface area (Å²) in [4.78, 5) is 15.2. The predicted molar refractivity (Wildman–Crippen MR) is 146 cm³/mol. The van der Waals surface area contributed by atoms with Gasteiger partial charge in [-0.05, 0) is 42.7 Å². The number of nitrogens with zero attached hydrogens (tertiary/aromatic N) is 2. The molecule has 0 fully saturated rings. The minimum absolute atomic E-state index is 0.0318. The SMILES string of the molecule is C\C=C(/C=C(Cl)\C(=C\Cl)OCC(CCl)OC(C)=O)C(C)(C)c1ccc(OCCCn2ccnc2)cc1. The van der Waals surface area contributed by atoms with E-state index in [9.17, 15) is 4.79 Å². The Hall–Kier alpha value is -2.41. The van der Waals surface area contributed by atoms with Crippen molar-refractivity contribution < 1.29 is 19.0 Å². The molecule has 0 bridgehead atoms. The van der Waals surface area contributed by atoms with Gasteiger partial charge in [-0.25, -0.2) is 4.98 Å². The van der Waals surface area contributed by atoms with E-state index in [1.165, 1.54) is 12.5 Å². The Labute approximate surface area is 228 Å². The molecule has 1 aromatic heterocycles. The summed E-state index contributed by atoms with van der Waals surface area (Å²) in [7, 11) is 0. The van der Waals surface area contributed by atoms with Crippen molar-refractivity contribution in [3.63, 3.8) is 0 Å². The first kappa shape index (κ1) is 29.8. The first-order valence-corrected chi connectivity index (χ1v) is 13.0. The Morgan fingerprint density at radius 3 is 2.53 bits per heavy atom. The van der Waals surface area contributed by atoms with Crippen LogP contribution in [-0.2, 0) is 26.2 Å². The first-order valence-electron chi connectivity index (χ1n) is 11.6. The van der Waals surface area contributed by atoms with Crippen LogP contribution in [0, 0.1) is 0 Å². The van der Waals surface area contributed by atoms with Crippen molar-refractivity contribution in [1.29, 1.82) is 0 Å². The lowest BCUT2D eigenvalue weighted by atomic mass is 9.77. The van der Waals surface area contributed by atoms with E-state index in [-0.39, 0.29) is 23.7 Å². The lowest BCUT2D eigenvalue weighted by molar-refractivity contribution is -0.147. The molecule has 0 aliphatic rings. The standard InChI is InChI=1S/C27H33Cl3N2O4/c1-5-21(15-25(30)26(17-29)35-18-24(16-28)36-20(2)33)27(3,4)22-7-9-23(10-8-22)34-14-6-12-32-13-11-31-19-32/h5,7-11,13,15,17,19,24H,6,12,14,16,18H2,1-4H3/b21-5+,25-15+,26-17-. The molecule has 196 valence electrons. The number of halogens is 3. The molecule has 0 spiro atoms. The van der Waals surface area contributed by atoms with Crippen LogP contribution >= 0.6 is 34.8 Å². The van der Waals surface area contributed by atoms with Crippen LogP contribution in [0.3, 0.4) is 0 Å². The minimum atomic E-state index is -0.607. The number of hydrogen-bond donors (Lipinski definition) is 0. The largest absolute Gasteiger partial charge is 0.494 e. The van der Waals surface area contributed by atoms with Crippen LogP contribution in [0.5, 0.6) is 5.75 Å². The monoisotopic (exact) mass is 554 g/mol. The number of ether oxygens (including phenoxy) is 3. The average Bonchev–Trinajstić information content (AvgIpc) is 3.38. The van der Waals surface area contributed by atoms with Crippen LogP contribution in [0.1, 0.15) is 39.7 Å². The number of aromatic nitrogens is 2. The van der Waals surface area contributed by atoms with Gasteiger partial charge >= 0.3 is 5.97 Å². The predicted octanol–water partition coefficient (Wildman–Crippen LogP) is 6.97. The molecular formula is C27H33Cl3N2O4. The number of hydrogen-bond acceptors (Lipinski definition) is 5. The van der Waals surface area contributed by atoms with Crippen LogP contribution < -0.4 is 4.74 Å². The highest BCUT2D eigenvalue weighted by atomic mass is 35.5. The summed E-state index contributed by atoms with van der Waals surface area (Å²) >= 11 is 18.4. The van der Waals surface area contributed by atoms with Gasteiger partial charge in [0.15, 0.2) is 0 Å². The molecule has 0 aliphatic heterocycles. The molecule has 36 heavy (non-hydrogen) atoms. The maximum absolute atomic E-state index is 11.2. The fourth-order valence-corrected chi connectivity index (χ4v) is 4.12. The van der Waals surface area contributed by atoms with Gasteiger partial charge in [-0.2, -0.15) is 0 Å². The maximum Gasteiger partial charge on any atom is 0.303 e. The summed E-state index contributed by atoms with van der Waals surface area (Å²) < 4.78 is 18.7. The topological polar surface area (TPSA) is 62.6 Å². The Bertz CT molecular complexity index is 1050. The fourth-order valence-electron chi connectivity index (χ4n) is 3.50. The Balaban J connectivity index is 2.02. The number of esters is 1. The third-order valence-corrected chi connectivity index (χ3v) is 6.38. The second-order valence-electron chi connectivity index (χ2n) is 8.56. The molecule has 0 amide bonds. The van der Waals surface area contributed by atoms with Gasteiger partial charge in [-0.1, -0.05) is 55.3 Å². The zero-order chi connectivity index (χ0) is 26.6. The third kappa shape index (κ3) is 9.23. The molecule has 1 atom stereocenters. The highest BCUT2D eigenvalue weighted by Gasteiger charge is 2.25. The third-order valence-electron chi connectivity index (χ3n) is 5.54. The number of carbonyl (C=O) groups excluding carboxylic acids is 1. The summed E-state index contributed by atoms with van der Waals surface area (Å²) in [5.41, 5.74) is 2.95. The zero-order valence-corrected chi connectivity index (χ0v) is 23.3. The van der Waals surface area contributed by atoms with Gasteiger partial charge in [0, 0.05) is 36.8 Å². The van der Waals surface area contributed by atoms with E-state index in [0.717, 1.165) is 29.9 Å². The van der Waals surface area contributed by atoms with Gasteiger partial charge < -0.3 is 18.8 Å². The lowest BCUT2D eigenvalue weighted by Crippen LogP contribution is -2.24. The van der Waals surface area contributed by atoms with Gasteiger partial charge in [0.1, 0.15) is 24.2 Å². The lowest BCUT2D eigenvalue weighted by Gasteiger charge is -2.28. The second kappa shape index (κ2) is 15.0. The summed E-state index contributed by atoms with van der Waals surface area (Å²) in [6, 6.07) is 8.05. The zero-order valence-electron chi connectivity index (χ0n) is 21.0. The van der Waals surface area contributed by atoms with Crippen LogP contribution in [0.15, 0.2) is 77.0 Å². The van der Waals surface area contributed by atoms with E-state index < -0.39 is 12.1 Å². The van der Waals surface area contributed by atoms with E-state index in [2.05, 4.69) is 31.0 Å². The van der Waals surface area contributed by atoms with Gasteiger partial charge in [-0.15, -0.1) is 11.6 Å². The number of rotatable bonds is 14. The molecule has 1 unspecified atom stereocenters. The molecule has 2 rings (SSSR count). The van der Waals surface area contributed by atoms with Crippen molar-refractivity contribution in [2.24, 2.45) is 0 Å².